The zero-order valence-electron chi connectivity index (χ0n) is 7.05. The average molecular weight is 264 g/mol. The molecule has 2 N–H and O–H groups in total. The van der Waals surface area contributed by atoms with E-state index in [1.165, 1.54) is 0 Å². The van der Waals surface area contributed by atoms with Crippen LogP contribution in [0.2, 0.25) is 0 Å². The van der Waals surface area contributed by atoms with Gasteiger partial charge in [0.1, 0.15) is 0 Å². The number of fused-ring (bicyclic) bond motifs is 1. The summed E-state index contributed by atoms with van der Waals surface area (Å²) in [5, 5.41) is 0. The van der Waals surface area contributed by atoms with Crippen molar-refractivity contribution in [3.05, 3.63) is 21.9 Å². The summed E-state index contributed by atoms with van der Waals surface area (Å²) in [4.78, 5) is 4.38. The van der Waals surface area contributed by atoms with Crippen molar-refractivity contribution in [2.75, 3.05) is 6.79 Å². The van der Waals surface area contributed by atoms with Gasteiger partial charge in [0.25, 0.3) is 0 Å². The fraction of sp³-hybridized carbons (Fsp3) is 0.250. The van der Waals surface area contributed by atoms with Crippen molar-refractivity contribution in [3.63, 3.8) is 0 Å². The zero-order valence-corrected chi connectivity index (χ0v) is 8.64. The van der Waals surface area contributed by atoms with E-state index in [1.54, 1.807) is 6.07 Å². The van der Waals surface area contributed by atoms with Gasteiger partial charge in [0.05, 0.1) is 6.61 Å². The first kappa shape index (κ1) is 9.70. The third kappa shape index (κ3) is 1.45. The molecule has 6 heteroatoms. The van der Waals surface area contributed by atoms with Gasteiger partial charge in [-0.3, -0.25) is 4.84 Å². The first-order valence-electron chi connectivity index (χ1n) is 3.82. The van der Waals surface area contributed by atoms with E-state index in [0.717, 1.165) is 0 Å². The maximum atomic E-state index is 13.7. The van der Waals surface area contributed by atoms with Crippen LogP contribution in [-0.2, 0) is 11.4 Å². The standard InChI is InChI=1S/C8H7BrFNO3/c9-5-1-6-8(13-3-12-6)7(10)4(5)2-14-11/h1H,2-3,11H2. The fourth-order valence-corrected chi connectivity index (χ4v) is 1.72. The molecule has 0 aromatic heterocycles. The quantitative estimate of drug-likeness (QED) is 0.826. The SMILES string of the molecule is NOCc1c(Br)cc2c(c1F)OCO2. The van der Waals surface area contributed by atoms with Crippen LogP contribution in [0.15, 0.2) is 10.5 Å². The topological polar surface area (TPSA) is 53.7 Å². The highest BCUT2D eigenvalue weighted by atomic mass is 79.9. The van der Waals surface area contributed by atoms with Crippen LogP contribution in [0.5, 0.6) is 11.5 Å². The van der Waals surface area contributed by atoms with E-state index in [-0.39, 0.29) is 19.1 Å². The summed E-state index contributed by atoms with van der Waals surface area (Å²) >= 11 is 3.19. The van der Waals surface area contributed by atoms with E-state index < -0.39 is 5.82 Å². The molecule has 4 nitrogen and oxygen atoms in total. The predicted octanol–water partition coefficient (Wildman–Crippen LogP) is 1.71. The van der Waals surface area contributed by atoms with Gasteiger partial charge in [-0.2, -0.15) is 0 Å². The highest BCUT2D eigenvalue weighted by Gasteiger charge is 2.23. The molecular weight excluding hydrogens is 257 g/mol. The largest absolute Gasteiger partial charge is 0.453 e. The highest BCUT2D eigenvalue weighted by molar-refractivity contribution is 9.10. The van der Waals surface area contributed by atoms with Crippen molar-refractivity contribution in [2.45, 2.75) is 6.61 Å². The Kier molecular flexibility index (Phi) is 2.58. The number of hydrogen-bond acceptors (Lipinski definition) is 4. The van der Waals surface area contributed by atoms with E-state index >= 15 is 0 Å². The van der Waals surface area contributed by atoms with Gasteiger partial charge in [0.15, 0.2) is 11.6 Å². The van der Waals surface area contributed by atoms with Crippen molar-refractivity contribution in [1.29, 1.82) is 0 Å². The Labute approximate surface area is 87.8 Å². The van der Waals surface area contributed by atoms with Gasteiger partial charge in [-0.1, -0.05) is 15.9 Å². The second-order valence-electron chi connectivity index (χ2n) is 2.70. The highest BCUT2D eigenvalue weighted by Crippen LogP contribution is 2.40. The second-order valence-corrected chi connectivity index (χ2v) is 3.55. The van der Waals surface area contributed by atoms with Crippen LogP contribution < -0.4 is 15.4 Å². The molecule has 1 aliphatic rings. The summed E-state index contributed by atoms with van der Waals surface area (Å²) in [6, 6.07) is 1.62. The monoisotopic (exact) mass is 263 g/mol. The van der Waals surface area contributed by atoms with Gasteiger partial charge in [-0.05, 0) is 6.07 Å². The molecule has 0 radical (unpaired) electrons. The van der Waals surface area contributed by atoms with Gasteiger partial charge in [-0.25, -0.2) is 10.3 Å². The summed E-state index contributed by atoms with van der Waals surface area (Å²) < 4.78 is 24.2. The van der Waals surface area contributed by atoms with Crippen LogP contribution in [0.25, 0.3) is 0 Å². The first-order chi connectivity index (χ1) is 6.74. The molecule has 2 rings (SSSR count). The van der Waals surface area contributed by atoms with E-state index in [2.05, 4.69) is 20.8 Å². The second kappa shape index (κ2) is 3.72. The van der Waals surface area contributed by atoms with Crippen LogP contribution in [0.1, 0.15) is 5.56 Å². The Morgan fingerprint density at radius 3 is 3.07 bits per heavy atom. The lowest BCUT2D eigenvalue weighted by Gasteiger charge is -2.06. The summed E-state index contributed by atoms with van der Waals surface area (Å²) in [5.74, 6) is 4.88. The Morgan fingerprint density at radius 1 is 1.57 bits per heavy atom. The molecular formula is C8H7BrFNO3. The Hall–Kier alpha value is -0.850. The summed E-state index contributed by atoms with van der Waals surface area (Å²) in [5.41, 5.74) is 0.316. The molecule has 76 valence electrons. The minimum absolute atomic E-state index is 0.0247. The third-order valence-corrected chi connectivity index (χ3v) is 2.59. The Balaban J connectivity index is 2.51. The lowest BCUT2D eigenvalue weighted by molar-refractivity contribution is 0.120. The van der Waals surface area contributed by atoms with E-state index in [4.69, 9.17) is 15.4 Å². The maximum absolute atomic E-state index is 13.7. The van der Waals surface area contributed by atoms with E-state index in [1.807, 2.05) is 0 Å². The lowest BCUT2D eigenvalue weighted by atomic mass is 10.2. The van der Waals surface area contributed by atoms with Gasteiger partial charge < -0.3 is 9.47 Å². The van der Waals surface area contributed by atoms with E-state index in [0.29, 0.717) is 15.8 Å². The molecule has 0 spiro atoms. The number of nitrogens with two attached hydrogens (primary N) is 1. The van der Waals surface area contributed by atoms with Crippen LogP contribution in [0, 0.1) is 5.82 Å². The number of halogens is 2. The molecule has 1 heterocycles. The molecule has 0 bridgehead atoms. The van der Waals surface area contributed by atoms with Crippen molar-refractivity contribution in [1.82, 2.24) is 0 Å². The molecule has 0 fully saturated rings. The van der Waals surface area contributed by atoms with Gasteiger partial charge >= 0.3 is 0 Å². The minimum atomic E-state index is -0.502. The maximum Gasteiger partial charge on any atom is 0.231 e. The fourth-order valence-electron chi connectivity index (χ4n) is 1.23. The van der Waals surface area contributed by atoms with Crippen LogP contribution >= 0.6 is 15.9 Å². The van der Waals surface area contributed by atoms with Crippen molar-refractivity contribution in [2.24, 2.45) is 5.90 Å². The number of rotatable bonds is 2. The first-order valence-corrected chi connectivity index (χ1v) is 4.61. The van der Waals surface area contributed by atoms with Gasteiger partial charge in [0.2, 0.25) is 12.5 Å². The Morgan fingerprint density at radius 2 is 2.36 bits per heavy atom. The predicted molar refractivity (Wildman–Crippen MR) is 49.2 cm³/mol. The lowest BCUT2D eigenvalue weighted by Crippen LogP contribution is -2.02. The third-order valence-electron chi connectivity index (χ3n) is 1.88. The molecule has 1 aromatic rings. The summed E-state index contributed by atoms with van der Waals surface area (Å²) in [6.07, 6.45) is 0. The minimum Gasteiger partial charge on any atom is -0.453 e. The molecule has 0 unspecified atom stereocenters. The smallest absolute Gasteiger partial charge is 0.231 e. The van der Waals surface area contributed by atoms with Crippen LogP contribution in [0.3, 0.4) is 0 Å². The van der Waals surface area contributed by atoms with Crippen molar-refractivity contribution < 1.29 is 18.7 Å². The van der Waals surface area contributed by atoms with Crippen LogP contribution in [-0.4, -0.2) is 6.79 Å². The molecule has 1 aliphatic heterocycles. The van der Waals surface area contributed by atoms with E-state index in [9.17, 15) is 4.39 Å². The molecule has 1 aromatic carbocycles. The Bertz CT molecular complexity index is 372. The summed E-state index contributed by atoms with van der Waals surface area (Å²) in [7, 11) is 0. The number of benzene rings is 1. The molecule has 14 heavy (non-hydrogen) atoms. The van der Waals surface area contributed by atoms with Crippen molar-refractivity contribution >= 4 is 15.9 Å². The van der Waals surface area contributed by atoms with Gasteiger partial charge in [0, 0.05) is 10.0 Å². The molecule has 0 amide bonds. The average Bonchev–Trinajstić information content (AvgIpc) is 2.60. The summed E-state index contributed by atoms with van der Waals surface area (Å²) in [6.45, 7) is 0.00862. The number of hydrogen-bond donors (Lipinski definition) is 1. The normalized spacial score (nSPS) is 13.4. The molecule has 0 atom stereocenters. The molecule has 0 saturated heterocycles. The molecule has 0 saturated carbocycles. The van der Waals surface area contributed by atoms with Crippen LogP contribution in [0.4, 0.5) is 4.39 Å². The zero-order chi connectivity index (χ0) is 10.1. The van der Waals surface area contributed by atoms with Gasteiger partial charge in [-0.15, -0.1) is 0 Å². The number of ether oxygens (including phenoxy) is 2. The molecule has 0 aliphatic carbocycles. The van der Waals surface area contributed by atoms with Crippen molar-refractivity contribution in [3.8, 4) is 11.5 Å².